The van der Waals surface area contributed by atoms with Gasteiger partial charge in [-0.2, -0.15) is 0 Å². The van der Waals surface area contributed by atoms with Crippen molar-refractivity contribution in [2.24, 2.45) is 0 Å². The molecule has 0 bridgehead atoms. The van der Waals surface area contributed by atoms with Gasteiger partial charge in [0.15, 0.2) is 0 Å². The van der Waals surface area contributed by atoms with Gasteiger partial charge < -0.3 is 5.32 Å². The first kappa shape index (κ1) is 12.6. The molecule has 1 aromatic heterocycles. The molecule has 0 fully saturated rings. The number of nitrogens with one attached hydrogen (secondary N) is 1. The Balaban J connectivity index is 2.63. The average molecular weight is 242 g/mol. The van der Waals surface area contributed by atoms with Crippen LogP contribution in [0.25, 0.3) is 0 Å². The maximum atomic E-state index is 6.11. The Morgan fingerprint density at radius 1 is 1.67 bits per heavy atom. The van der Waals surface area contributed by atoms with E-state index in [0.29, 0.717) is 6.04 Å². The third-order valence-corrected chi connectivity index (χ3v) is 3.65. The van der Waals surface area contributed by atoms with Crippen LogP contribution < -0.4 is 5.32 Å². The van der Waals surface area contributed by atoms with Gasteiger partial charge in [0.1, 0.15) is 0 Å². The van der Waals surface area contributed by atoms with Gasteiger partial charge in [0.05, 0.1) is 5.02 Å². The molecule has 0 aromatic carbocycles. The molecule has 0 aliphatic carbocycles. The summed E-state index contributed by atoms with van der Waals surface area (Å²) >= 11 is 7.81. The predicted octanol–water partition coefficient (Wildman–Crippen LogP) is 3.86. The van der Waals surface area contributed by atoms with Gasteiger partial charge in [-0.1, -0.05) is 18.5 Å². The number of rotatable bonds is 6. The lowest BCUT2D eigenvalue weighted by molar-refractivity contribution is 0.513. The van der Waals surface area contributed by atoms with Gasteiger partial charge in [0, 0.05) is 17.3 Å². The summed E-state index contributed by atoms with van der Waals surface area (Å²) in [6, 6.07) is 2.26. The Hall–Kier alpha value is -0.490. The zero-order chi connectivity index (χ0) is 11.1. The van der Waals surface area contributed by atoms with Crippen molar-refractivity contribution in [3.05, 3.63) is 21.3 Å². The van der Waals surface area contributed by atoms with Crippen molar-refractivity contribution in [1.29, 1.82) is 0 Å². The molecule has 0 radical (unpaired) electrons. The Bertz CT molecular complexity index is 327. The lowest BCUT2D eigenvalue weighted by Crippen LogP contribution is -2.21. The summed E-state index contributed by atoms with van der Waals surface area (Å²) in [6.07, 6.45) is 8.15. The van der Waals surface area contributed by atoms with Crippen LogP contribution in [0.1, 0.15) is 37.1 Å². The lowest BCUT2D eigenvalue weighted by atomic mass is 10.1. The van der Waals surface area contributed by atoms with Crippen LogP contribution in [0.15, 0.2) is 11.4 Å². The van der Waals surface area contributed by atoms with Gasteiger partial charge in [-0.05, 0) is 30.8 Å². The molecule has 1 atom stereocenters. The molecule has 82 valence electrons. The molecule has 1 aromatic rings. The minimum absolute atomic E-state index is 0.313. The molecule has 0 aliphatic heterocycles. The molecule has 0 saturated carbocycles. The van der Waals surface area contributed by atoms with Crippen molar-refractivity contribution in [3.8, 4) is 12.3 Å². The van der Waals surface area contributed by atoms with Crippen molar-refractivity contribution >= 4 is 22.9 Å². The highest BCUT2D eigenvalue weighted by Gasteiger charge is 2.14. The molecule has 1 N–H and O–H groups in total. The van der Waals surface area contributed by atoms with E-state index in [-0.39, 0.29) is 0 Å². The quantitative estimate of drug-likeness (QED) is 0.746. The van der Waals surface area contributed by atoms with Crippen LogP contribution in [-0.2, 0) is 0 Å². The molecule has 1 nitrogen and oxygen atoms in total. The van der Waals surface area contributed by atoms with Crippen molar-refractivity contribution < 1.29 is 0 Å². The van der Waals surface area contributed by atoms with Gasteiger partial charge in [-0.25, -0.2) is 0 Å². The van der Waals surface area contributed by atoms with Gasteiger partial charge >= 0.3 is 0 Å². The molecule has 0 aliphatic rings. The molecule has 1 unspecified atom stereocenters. The molecule has 1 rings (SSSR count). The summed E-state index contributed by atoms with van der Waals surface area (Å²) in [5.74, 6) is 2.68. The van der Waals surface area contributed by atoms with E-state index in [4.69, 9.17) is 18.0 Å². The number of thiophene rings is 1. The van der Waals surface area contributed by atoms with E-state index >= 15 is 0 Å². The third-order valence-electron chi connectivity index (χ3n) is 2.18. The number of halogens is 1. The van der Waals surface area contributed by atoms with Crippen molar-refractivity contribution in [3.63, 3.8) is 0 Å². The summed E-state index contributed by atoms with van der Waals surface area (Å²) in [4.78, 5) is 1.21. The van der Waals surface area contributed by atoms with Gasteiger partial charge in [0.25, 0.3) is 0 Å². The normalized spacial score (nSPS) is 12.3. The minimum atomic E-state index is 0.313. The molecule has 3 heteroatoms. The van der Waals surface area contributed by atoms with E-state index in [2.05, 4.69) is 18.2 Å². The summed E-state index contributed by atoms with van der Waals surface area (Å²) < 4.78 is 0. The highest BCUT2D eigenvalue weighted by Crippen LogP contribution is 2.31. The number of hydrogen-bond donors (Lipinski definition) is 1. The Labute approximate surface area is 101 Å². The van der Waals surface area contributed by atoms with E-state index in [1.54, 1.807) is 11.3 Å². The van der Waals surface area contributed by atoms with Crippen molar-refractivity contribution in [2.45, 2.75) is 32.2 Å². The SMILES string of the molecule is C#CCCC(NCCC)c1sccc1Cl. The van der Waals surface area contributed by atoms with E-state index < -0.39 is 0 Å². The van der Waals surface area contributed by atoms with Gasteiger partial charge in [-0.15, -0.1) is 23.7 Å². The first-order valence-corrected chi connectivity index (χ1v) is 6.45. The standard InChI is InChI=1S/C12H16ClNS/c1-3-5-6-11(14-8-4-2)12-10(13)7-9-15-12/h1,7,9,11,14H,4-6,8H2,2H3. The number of terminal acetylenes is 1. The van der Waals surface area contributed by atoms with Gasteiger partial charge in [0.2, 0.25) is 0 Å². The summed E-state index contributed by atoms with van der Waals surface area (Å²) in [5, 5.41) is 6.35. The van der Waals surface area contributed by atoms with Crippen LogP contribution in [0.5, 0.6) is 0 Å². The topological polar surface area (TPSA) is 12.0 Å². The molecule has 0 spiro atoms. The summed E-state index contributed by atoms with van der Waals surface area (Å²) in [7, 11) is 0. The Morgan fingerprint density at radius 3 is 3.00 bits per heavy atom. The highest BCUT2D eigenvalue weighted by molar-refractivity contribution is 7.10. The van der Waals surface area contributed by atoms with E-state index in [0.717, 1.165) is 30.8 Å². The number of hydrogen-bond acceptors (Lipinski definition) is 2. The van der Waals surface area contributed by atoms with Crippen LogP contribution in [-0.4, -0.2) is 6.54 Å². The van der Waals surface area contributed by atoms with E-state index in [9.17, 15) is 0 Å². The molecule has 1 heterocycles. The van der Waals surface area contributed by atoms with E-state index in [1.807, 2.05) is 11.4 Å². The van der Waals surface area contributed by atoms with Gasteiger partial charge in [-0.3, -0.25) is 0 Å². The molecule has 15 heavy (non-hydrogen) atoms. The first-order valence-electron chi connectivity index (χ1n) is 5.19. The first-order chi connectivity index (χ1) is 7.29. The zero-order valence-electron chi connectivity index (χ0n) is 8.92. The molecular weight excluding hydrogens is 226 g/mol. The zero-order valence-corrected chi connectivity index (χ0v) is 10.5. The van der Waals surface area contributed by atoms with Crippen LogP contribution in [0.2, 0.25) is 5.02 Å². The molecule has 0 saturated heterocycles. The van der Waals surface area contributed by atoms with E-state index in [1.165, 1.54) is 4.88 Å². The highest BCUT2D eigenvalue weighted by atomic mass is 35.5. The fourth-order valence-corrected chi connectivity index (χ4v) is 2.73. The Kier molecular flexibility index (Phi) is 5.78. The second-order valence-corrected chi connectivity index (χ2v) is 4.74. The molecule has 0 amide bonds. The molecular formula is C12H16ClNS. The predicted molar refractivity (Wildman–Crippen MR) is 68.4 cm³/mol. The van der Waals surface area contributed by atoms with Crippen LogP contribution >= 0.6 is 22.9 Å². The fraction of sp³-hybridized carbons (Fsp3) is 0.500. The lowest BCUT2D eigenvalue weighted by Gasteiger charge is -2.16. The minimum Gasteiger partial charge on any atom is -0.309 e. The van der Waals surface area contributed by atoms with Crippen LogP contribution in [0.4, 0.5) is 0 Å². The largest absolute Gasteiger partial charge is 0.309 e. The monoisotopic (exact) mass is 241 g/mol. The van der Waals surface area contributed by atoms with Crippen molar-refractivity contribution in [2.75, 3.05) is 6.54 Å². The Morgan fingerprint density at radius 2 is 2.47 bits per heavy atom. The van der Waals surface area contributed by atoms with Crippen molar-refractivity contribution in [1.82, 2.24) is 5.32 Å². The smallest absolute Gasteiger partial charge is 0.0561 e. The third kappa shape index (κ3) is 3.87. The maximum Gasteiger partial charge on any atom is 0.0561 e. The summed E-state index contributed by atoms with van der Waals surface area (Å²) in [5.41, 5.74) is 0. The summed E-state index contributed by atoms with van der Waals surface area (Å²) in [6.45, 7) is 3.16. The maximum absolute atomic E-state index is 6.11. The fourth-order valence-electron chi connectivity index (χ4n) is 1.43. The second-order valence-electron chi connectivity index (χ2n) is 3.38. The second kappa shape index (κ2) is 6.90. The van der Waals surface area contributed by atoms with Crippen LogP contribution in [0.3, 0.4) is 0 Å². The van der Waals surface area contributed by atoms with Crippen LogP contribution in [0, 0.1) is 12.3 Å². The average Bonchev–Trinajstić information content (AvgIpc) is 2.65.